The van der Waals surface area contributed by atoms with Gasteiger partial charge in [0.2, 0.25) is 6.29 Å². The monoisotopic (exact) mass is 284 g/mol. The van der Waals surface area contributed by atoms with E-state index in [0.29, 0.717) is 18.6 Å². The Morgan fingerprint density at radius 1 is 1.00 bits per heavy atom. The predicted molar refractivity (Wildman–Crippen MR) is 83.5 cm³/mol. The van der Waals surface area contributed by atoms with E-state index in [9.17, 15) is 4.79 Å². The first-order valence-corrected chi connectivity index (χ1v) is 8.09. The summed E-state index contributed by atoms with van der Waals surface area (Å²) >= 11 is 0. The fourth-order valence-electron chi connectivity index (χ4n) is 1.91. The van der Waals surface area contributed by atoms with Crippen LogP contribution in [0.5, 0.6) is 0 Å². The predicted octanol–water partition coefficient (Wildman–Crippen LogP) is 5.00. The molecule has 3 nitrogen and oxygen atoms in total. The van der Waals surface area contributed by atoms with E-state index in [0.717, 1.165) is 6.42 Å². The maximum Gasteiger partial charge on any atom is 0.335 e. The molecule has 0 rings (SSSR count). The second kappa shape index (κ2) is 13.2. The van der Waals surface area contributed by atoms with Gasteiger partial charge in [-0.05, 0) is 13.3 Å². The first-order valence-electron chi connectivity index (χ1n) is 8.09. The summed E-state index contributed by atoms with van der Waals surface area (Å²) in [6, 6.07) is 0. The molecular formula is C17H32O3. The highest BCUT2D eigenvalue weighted by Crippen LogP contribution is 2.10. The lowest BCUT2D eigenvalue weighted by molar-refractivity contribution is -0.174. The van der Waals surface area contributed by atoms with E-state index in [-0.39, 0.29) is 5.97 Å². The number of hydrogen-bond acceptors (Lipinski definition) is 3. The van der Waals surface area contributed by atoms with Gasteiger partial charge in [-0.25, -0.2) is 4.79 Å². The summed E-state index contributed by atoms with van der Waals surface area (Å²) in [5.41, 5.74) is 0.416. The molecule has 0 N–H and O–H groups in total. The normalized spacial score (nSPS) is 12.2. The van der Waals surface area contributed by atoms with Gasteiger partial charge in [0, 0.05) is 12.0 Å². The lowest BCUT2D eigenvalue weighted by Gasteiger charge is -2.16. The first-order chi connectivity index (χ1) is 9.61. The Bertz CT molecular complexity index is 261. The molecule has 0 aromatic heterocycles. The summed E-state index contributed by atoms with van der Waals surface area (Å²) in [4.78, 5) is 11.4. The maximum atomic E-state index is 11.4. The Kier molecular flexibility index (Phi) is 12.6. The van der Waals surface area contributed by atoms with E-state index in [1.54, 1.807) is 6.92 Å². The lowest BCUT2D eigenvalue weighted by Crippen LogP contribution is -2.21. The van der Waals surface area contributed by atoms with E-state index in [1.165, 1.54) is 44.9 Å². The van der Waals surface area contributed by atoms with Gasteiger partial charge in [-0.2, -0.15) is 0 Å². The van der Waals surface area contributed by atoms with Crippen molar-refractivity contribution in [3.63, 3.8) is 0 Å². The number of ether oxygens (including phenoxy) is 2. The Labute approximate surface area is 124 Å². The summed E-state index contributed by atoms with van der Waals surface area (Å²) in [6.07, 6.45) is 10.4. The van der Waals surface area contributed by atoms with Gasteiger partial charge < -0.3 is 9.47 Å². The standard InChI is InChI=1S/C17H32O3/c1-5-7-8-9-10-11-12-13-14-19-16(6-2)20-17(18)15(3)4/h16H,3,5-14H2,1-2,4H3. The van der Waals surface area contributed by atoms with Gasteiger partial charge in [0.1, 0.15) is 0 Å². The first kappa shape index (κ1) is 19.2. The van der Waals surface area contributed by atoms with Gasteiger partial charge in [-0.3, -0.25) is 0 Å². The number of carbonyl (C=O) groups excluding carboxylic acids is 1. The van der Waals surface area contributed by atoms with Crippen LogP contribution in [0.2, 0.25) is 0 Å². The Hall–Kier alpha value is -0.830. The average molecular weight is 284 g/mol. The molecule has 20 heavy (non-hydrogen) atoms. The molecule has 0 aromatic rings. The molecule has 118 valence electrons. The molecule has 0 radical (unpaired) electrons. The minimum atomic E-state index is -0.427. The van der Waals surface area contributed by atoms with Gasteiger partial charge >= 0.3 is 5.97 Å². The van der Waals surface area contributed by atoms with Crippen molar-refractivity contribution >= 4 is 5.97 Å². The number of carbonyl (C=O) groups is 1. The molecule has 0 aromatic carbocycles. The fourth-order valence-corrected chi connectivity index (χ4v) is 1.91. The third kappa shape index (κ3) is 11.0. The van der Waals surface area contributed by atoms with Crippen LogP contribution in [0.15, 0.2) is 12.2 Å². The second-order valence-corrected chi connectivity index (χ2v) is 5.37. The van der Waals surface area contributed by atoms with Crippen molar-refractivity contribution < 1.29 is 14.3 Å². The number of unbranched alkanes of at least 4 members (excludes halogenated alkanes) is 7. The van der Waals surface area contributed by atoms with Crippen molar-refractivity contribution in [3.05, 3.63) is 12.2 Å². The van der Waals surface area contributed by atoms with Crippen LogP contribution in [-0.2, 0) is 14.3 Å². The molecule has 0 aliphatic rings. The number of rotatable bonds is 13. The topological polar surface area (TPSA) is 35.5 Å². The van der Waals surface area contributed by atoms with Crippen LogP contribution in [0.3, 0.4) is 0 Å². The van der Waals surface area contributed by atoms with Gasteiger partial charge in [0.05, 0.1) is 6.61 Å². The summed E-state index contributed by atoms with van der Waals surface area (Å²) in [5, 5.41) is 0. The summed E-state index contributed by atoms with van der Waals surface area (Å²) in [5.74, 6) is -0.368. The van der Waals surface area contributed by atoms with E-state index in [2.05, 4.69) is 13.5 Å². The Balaban J connectivity index is 3.47. The average Bonchev–Trinajstić information content (AvgIpc) is 2.43. The lowest BCUT2D eigenvalue weighted by atomic mass is 10.1. The van der Waals surface area contributed by atoms with Gasteiger partial charge in [-0.15, -0.1) is 0 Å². The van der Waals surface area contributed by atoms with Crippen LogP contribution in [0.4, 0.5) is 0 Å². The highest BCUT2D eigenvalue weighted by Gasteiger charge is 2.12. The van der Waals surface area contributed by atoms with Gasteiger partial charge in [0.25, 0.3) is 0 Å². The highest BCUT2D eigenvalue weighted by molar-refractivity contribution is 5.86. The SMILES string of the molecule is C=C(C)C(=O)OC(CC)OCCCCCCCCCC. The molecule has 0 aliphatic heterocycles. The number of hydrogen-bond donors (Lipinski definition) is 0. The molecule has 0 fully saturated rings. The van der Waals surface area contributed by atoms with Crippen molar-refractivity contribution in [1.82, 2.24) is 0 Å². The van der Waals surface area contributed by atoms with E-state index in [4.69, 9.17) is 9.47 Å². The Morgan fingerprint density at radius 3 is 2.05 bits per heavy atom. The zero-order valence-corrected chi connectivity index (χ0v) is 13.6. The molecule has 0 heterocycles. The van der Waals surface area contributed by atoms with Crippen molar-refractivity contribution in [3.8, 4) is 0 Å². The summed E-state index contributed by atoms with van der Waals surface area (Å²) in [6.45, 7) is 10.1. The smallest absolute Gasteiger partial charge is 0.335 e. The largest absolute Gasteiger partial charge is 0.432 e. The van der Waals surface area contributed by atoms with E-state index >= 15 is 0 Å². The van der Waals surface area contributed by atoms with Gasteiger partial charge in [0.15, 0.2) is 0 Å². The molecule has 3 heteroatoms. The molecule has 1 atom stereocenters. The molecule has 0 aliphatic carbocycles. The third-order valence-electron chi connectivity index (χ3n) is 3.22. The number of esters is 1. The van der Waals surface area contributed by atoms with Crippen LogP contribution in [-0.4, -0.2) is 18.9 Å². The van der Waals surface area contributed by atoms with Crippen LogP contribution >= 0.6 is 0 Å². The molecule has 0 saturated carbocycles. The van der Waals surface area contributed by atoms with Crippen LogP contribution in [0.1, 0.15) is 78.6 Å². The zero-order chi connectivity index (χ0) is 15.2. The molecule has 0 saturated heterocycles. The quantitative estimate of drug-likeness (QED) is 0.207. The minimum Gasteiger partial charge on any atom is -0.432 e. The van der Waals surface area contributed by atoms with E-state index in [1.807, 2.05) is 6.92 Å². The molecular weight excluding hydrogens is 252 g/mol. The molecule has 0 amide bonds. The van der Waals surface area contributed by atoms with Crippen LogP contribution in [0.25, 0.3) is 0 Å². The second-order valence-electron chi connectivity index (χ2n) is 5.37. The molecule has 1 unspecified atom stereocenters. The van der Waals surface area contributed by atoms with Crippen LogP contribution in [0, 0.1) is 0 Å². The highest BCUT2D eigenvalue weighted by atomic mass is 16.7. The van der Waals surface area contributed by atoms with Gasteiger partial charge in [-0.1, -0.05) is 65.4 Å². The molecule has 0 spiro atoms. The van der Waals surface area contributed by atoms with Crippen molar-refractivity contribution in [1.29, 1.82) is 0 Å². The fraction of sp³-hybridized carbons (Fsp3) is 0.824. The van der Waals surface area contributed by atoms with E-state index < -0.39 is 6.29 Å². The molecule has 0 bridgehead atoms. The third-order valence-corrected chi connectivity index (χ3v) is 3.22. The van der Waals surface area contributed by atoms with Crippen molar-refractivity contribution in [2.45, 2.75) is 84.8 Å². The minimum absolute atomic E-state index is 0.368. The summed E-state index contributed by atoms with van der Waals surface area (Å²) < 4.78 is 10.7. The summed E-state index contributed by atoms with van der Waals surface area (Å²) in [7, 11) is 0. The zero-order valence-electron chi connectivity index (χ0n) is 13.6. The van der Waals surface area contributed by atoms with Crippen molar-refractivity contribution in [2.24, 2.45) is 0 Å². The van der Waals surface area contributed by atoms with Crippen LogP contribution < -0.4 is 0 Å². The maximum absolute atomic E-state index is 11.4. The van der Waals surface area contributed by atoms with Crippen molar-refractivity contribution in [2.75, 3.05) is 6.61 Å². The Morgan fingerprint density at radius 2 is 1.55 bits per heavy atom.